The molecule has 0 atom stereocenters. The molecule has 0 spiro atoms. The molecule has 0 radical (unpaired) electrons. The van der Waals surface area contributed by atoms with Crippen LogP contribution in [0, 0.1) is 0 Å². The number of nitrogens with one attached hydrogen (secondary N) is 1. The number of carbonyl (C=O) groups is 1. The summed E-state index contributed by atoms with van der Waals surface area (Å²) in [5.41, 5.74) is 1.73. The highest BCUT2D eigenvalue weighted by atomic mass is 19.3. The molecular weight excluding hydrogens is 494 g/mol. The van der Waals surface area contributed by atoms with Gasteiger partial charge in [-0.15, -0.1) is 0 Å². The first-order chi connectivity index (χ1) is 18.5. The van der Waals surface area contributed by atoms with Crippen molar-refractivity contribution in [2.45, 2.75) is 51.3 Å². The van der Waals surface area contributed by atoms with Crippen LogP contribution < -0.4 is 15.6 Å². The number of alkyl halides is 2. The van der Waals surface area contributed by atoms with Crippen molar-refractivity contribution in [1.29, 1.82) is 0 Å². The van der Waals surface area contributed by atoms with Gasteiger partial charge in [0.05, 0.1) is 13.2 Å². The lowest BCUT2D eigenvalue weighted by molar-refractivity contribution is -0.0498. The number of nitrogens with zero attached hydrogens (tertiary/aromatic N) is 3. The second-order valence-electron chi connectivity index (χ2n) is 9.82. The van der Waals surface area contributed by atoms with Crippen molar-refractivity contribution < 1.29 is 23.0 Å². The first kappa shape index (κ1) is 26.2. The zero-order valence-corrected chi connectivity index (χ0v) is 21.2. The highest BCUT2D eigenvalue weighted by Gasteiger charge is 2.22. The molecule has 2 aromatic heterocycles. The largest absolute Gasteiger partial charge is 0.435 e. The number of fused-ring (bicyclic) bond motifs is 1. The van der Waals surface area contributed by atoms with E-state index in [0.717, 1.165) is 49.9 Å². The fraction of sp³-hybridized carbons (Fsp3) is 0.464. The van der Waals surface area contributed by atoms with Gasteiger partial charge in [0.25, 0.3) is 11.5 Å². The Morgan fingerprint density at radius 2 is 1.79 bits per heavy atom. The summed E-state index contributed by atoms with van der Waals surface area (Å²) in [6.07, 6.45) is 6.79. The topological polar surface area (TPSA) is 85.7 Å². The van der Waals surface area contributed by atoms with Crippen LogP contribution in [-0.4, -0.2) is 65.9 Å². The quantitative estimate of drug-likeness (QED) is 0.477. The molecular formula is C28H32F2N4O4. The molecule has 1 saturated heterocycles. The molecule has 8 nitrogen and oxygen atoms in total. The van der Waals surface area contributed by atoms with E-state index >= 15 is 0 Å². The van der Waals surface area contributed by atoms with E-state index in [0.29, 0.717) is 37.3 Å². The summed E-state index contributed by atoms with van der Waals surface area (Å²) in [6, 6.07) is 9.85. The molecule has 1 saturated carbocycles. The van der Waals surface area contributed by atoms with Crippen LogP contribution in [0.2, 0.25) is 0 Å². The van der Waals surface area contributed by atoms with Crippen LogP contribution in [-0.2, 0) is 11.3 Å². The molecule has 1 amide bonds. The van der Waals surface area contributed by atoms with Gasteiger partial charge in [0.1, 0.15) is 17.0 Å². The lowest BCUT2D eigenvalue weighted by Gasteiger charge is -2.27. The number of hydrogen-bond acceptors (Lipinski definition) is 6. The van der Waals surface area contributed by atoms with Gasteiger partial charge in [0.2, 0.25) is 0 Å². The van der Waals surface area contributed by atoms with Crippen LogP contribution in [0.3, 0.4) is 0 Å². The van der Waals surface area contributed by atoms with Gasteiger partial charge in [-0.3, -0.25) is 19.1 Å². The summed E-state index contributed by atoms with van der Waals surface area (Å²) in [5.74, 6) is -0.293. The summed E-state index contributed by atoms with van der Waals surface area (Å²) in [4.78, 5) is 33.7. The number of pyridine rings is 2. The average Bonchev–Trinajstić information content (AvgIpc) is 2.93. The second-order valence-corrected chi connectivity index (χ2v) is 9.82. The molecule has 0 bridgehead atoms. The van der Waals surface area contributed by atoms with E-state index in [-0.39, 0.29) is 28.8 Å². The van der Waals surface area contributed by atoms with E-state index < -0.39 is 6.61 Å². The van der Waals surface area contributed by atoms with Gasteiger partial charge in [-0.05, 0) is 42.7 Å². The fourth-order valence-electron chi connectivity index (χ4n) is 5.20. The molecule has 202 valence electrons. The third-order valence-corrected chi connectivity index (χ3v) is 7.27. The minimum atomic E-state index is -2.89. The Bertz CT molecular complexity index is 1320. The molecule has 10 heteroatoms. The van der Waals surface area contributed by atoms with Crippen molar-refractivity contribution in [1.82, 2.24) is 19.8 Å². The third kappa shape index (κ3) is 6.19. The summed E-state index contributed by atoms with van der Waals surface area (Å²) in [5, 5.41) is 3.72. The first-order valence-electron chi connectivity index (χ1n) is 13.2. The van der Waals surface area contributed by atoms with Gasteiger partial charge in [-0.2, -0.15) is 8.78 Å². The first-order valence-corrected chi connectivity index (χ1v) is 13.2. The zero-order valence-electron chi connectivity index (χ0n) is 21.2. The number of morpholine rings is 1. The van der Waals surface area contributed by atoms with Gasteiger partial charge in [-0.25, -0.2) is 4.98 Å². The maximum Gasteiger partial charge on any atom is 0.387 e. The Morgan fingerprint density at radius 1 is 1.05 bits per heavy atom. The summed E-state index contributed by atoms with van der Waals surface area (Å²) in [7, 11) is 0. The van der Waals surface area contributed by atoms with Crippen LogP contribution in [0.15, 0.2) is 47.4 Å². The standard InChI is InChI=1S/C28H32F2N4O4/c29-28(30)38-23-8-6-19(7-9-23)21-16-20-17-24(26(35)32-22-4-2-1-3-5-22)27(36)34(25(20)31-18-21)11-10-33-12-14-37-15-13-33/h6-9,16-18,22,28H,1-5,10-15H2,(H,32,35). The molecule has 1 aliphatic carbocycles. The van der Waals surface area contributed by atoms with E-state index in [1.54, 1.807) is 29.0 Å². The van der Waals surface area contributed by atoms with Gasteiger partial charge in [0.15, 0.2) is 0 Å². The fourth-order valence-corrected chi connectivity index (χ4v) is 5.20. The summed E-state index contributed by atoms with van der Waals surface area (Å²) >= 11 is 0. The maximum atomic E-state index is 13.6. The number of aromatic nitrogens is 2. The minimum absolute atomic E-state index is 0.0659. The Balaban J connectivity index is 1.48. The zero-order chi connectivity index (χ0) is 26.5. The molecule has 5 rings (SSSR count). The predicted octanol–water partition coefficient (Wildman–Crippen LogP) is 4.06. The number of rotatable bonds is 8. The average molecular weight is 527 g/mol. The van der Waals surface area contributed by atoms with Crippen LogP contribution >= 0.6 is 0 Å². The lowest BCUT2D eigenvalue weighted by atomic mass is 9.95. The molecule has 0 unspecified atom stereocenters. The number of hydrogen-bond donors (Lipinski definition) is 1. The van der Waals surface area contributed by atoms with E-state index in [1.165, 1.54) is 18.6 Å². The van der Waals surface area contributed by atoms with Gasteiger partial charge in [-0.1, -0.05) is 31.4 Å². The number of carbonyl (C=O) groups excluding carboxylic acids is 1. The molecule has 3 aromatic rings. The van der Waals surface area contributed by atoms with Crippen molar-refractivity contribution in [3.05, 3.63) is 58.5 Å². The number of benzene rings is 1. The highest BCUT2D eigenvalue weighted by molar-refractivity contribution is 5.97. The van der Waals surface area contributed by atoms with Gasteiger partial charge < -0.3 is 14.8 Å². The highest BCUT2D eigenvalue weighted by Crippen LogP contribution is 2.26. The number of halogens is 2. The molecule has 1 N–H and O–H groups in total. The van der Waals surface area contributed by atoms with Crippen molar-refractivity contribution in [3.63, 3.8) is 0 Å². The van der Waals surface area contributed by atoms with Gasteiger partial charge >= 0.3 is 6.61 Å². The van der Waals surface area contributed by atoms with E-state index in [2.05, 4.69) is 19.9 Å². The van der Waals surface area contributed by atoms with Crippen LogP contribution in [0.4, 0.5) is 8.78 Å². The third-order valence-electron chi connectivity index (χ3n) is 7.27. The number of ether oxygens (including phenoxy) is 2. The number of amides is 1. The van der Waals surface area contributed by atoms with Gasteiger partial charge in [0, 0.05) is 49.4 Å². The van der Waals surface area contributed by atoms with Crippen molar-refractivity contribution in [3.8, 4) is 16.9 Å². The summed E-state index contributed by atoms with van der Waals surface area (Å²) < 4.78 is 36.5. The Morgan fingerprint density at radius 3 is 2.50 bits per heavy atom. The predicted molar refractivity (Wildman–Crippen MR) is 140 cm³/mol. The molecule has 38 heavy (non-hydrogen) atoms. The second kappa shape index (κ2) is 12.0. The van der Waals surface area contributed by atoms with Crippen LogP contribution in [0.1, 0.15) is 42.5 Å². The SMILES string of the molecule is O=C(NC1CCCCC1)c1cc2cc(-c3ccc(OC(F)F)cc3)cnc2n(CCN2CCOCC2)c1=O. The Kier molecular flexibility index (Phi) is 8.29. The van der Waals surface area contributed by atoms with E-state index in [9.17, 15) is 18.4 Å². The molecule has 3 heterocycles. The van der Waals surface area contributed by atoms with E-state index in [4.69, 9.17) is 4.74 Å². The Hall–Kier alpha value is -3.37. The molecule has 1 aliphatic heterocycles. The van der Waals surface area contributed by atoms with Crippen molar-refractivity contribution in [2.75, 3.05) is 32.8 Å². The summed E-state index contributed by atoms with van der Waals surface area (Å²) in [6.45, 7) is 1.03. The molecule has 2 aliphatic rings. The van der Waals surface area contributed by atoms with Crippen LogP contribution in [0.5, 0.6) is 5.75 Å². The Labute approximate surface area is 219 Å². The van der Waals surface area contributed by atoms with Crippen molar-refractivity contribution >= 4 is 16.9 Å². The molecule has 2 fully saturated rings. The minimum Gasteiger partial charge on any atom is -0.435 e. The lowest BCUT2D eigenvalue weighted by Crippen LogP contribution is -2.42. The maximum absolute atomic E-state index is 13.6. The van der Waals surface area contributed by atoms with E-state index in [1.807, 2.05) is 6.07 Å². The normalized spacial score (nSPS) is 17.1. The van der Waals surface area contributed by atoms with Crippen molar-refractivity contribution in [2.24, 2.45) is 0 Å². The van der Waals surface area contributed by atoms with Crippen LogP contribution in [0.25, 0.3) is 22.2 Å². The smallest absolute Gasteiger partial charge is 0.387 e. The molecule has 1 aromatic carbocycles. The monoisotopic (exact) mass is 526 g/mol.